The average molecular weight is 540 g/mol. The van der Waals surface area contributed by atoms with Gasteiger partial charge in [-0.2, -0.15) is 0 Å². The number of nitrogen functional groups attached to an aromatic ring is 1. The normalized spacial score (nSPS) is 10.3. The summed E-state index contributed by atoms with van der Waals surface area (Å²) in [6, 6.07) is 13.7. The maximum atomic E-state index is 13.1. The van der Waals surface area contributed by atoms with Gasteiger partial charge in [-0.3, -0.25) is 20.0 Å². The Hall–Kier alpha value is -3.95. The van der Waals surface area contributed by atoms with Crippen molar-refractivity contribution in [1.82, 2.24) is 4.98 Å². The van der Waals surface area contributed by atoms with Crippen LogP contribution in [0, 0.1) is 18.3 Å². The van der Waals surface area contributed by atoms with E-state index >= 15 is 0 Å². The van der Waals surface area contributed by atoms with Crippen LogP contribution in [-0.2, 0) is 17.8 Å². The fourth-order valence-corrected chi connectivity index (χ4v) is 3.94. The number of anilines is 2. The molecule has 38 heavy (non-hydrogen) atoms. The minimum absolute atomic E-state index is 0.0491. The first-order valence-electron chi connectivity index (χ1n) is 12.0. The Bertz CT molecular complexity index is 1260. The van der Waals surface area contributed by atoms with E-state index in [1.54, 1.807) is 42.5 Å². The number of carbonyl (C=O) groups is 2. The summed E-state index contributed by atoms with van der Waals surface area (Å²) in [6.07, 6.45) is 1.49. The number of aldehydes is 1. The lowest BCUT2D eigenvalue weighted by molar-refractivity contribution is -0.109. The molecule has 9 nitrogen and oxygen atoms in total. The second-order valence-corrected chi connectivity index (χ2v) is 9.20. The zero-order valence-corrected chi connectivity index (χ0v) is 22.7. The monoisotopic (exact) mass is 539 g/mol. The third kappa shape index (κ3) is 8.57. The first-order chi connectivity index (χ1) is 18.2. The molecule has 0 radical (unpaired) electrons. The number of amides is 1. The van der Waals surface area contributed by atoms with Gasteiger partial charge in [0.05, 0.1) is 12.1 Å². The molecule has 0 fully saturated rings. The number of nitrogens with two attached hydrogens (primary N) is 1. The standard InChI is InChI=1S/C27H30ClN5O3.CH4O/c1-16(2)12-19-13-17(3)32-24(25(19)36-11-10-34)15-31-23-9-6-20(28)14-22(23)27(35)33-21-7-4-18(5-8-21)26(29)30;1-2/h4-10,13-14,16,31H,11-12,15H2,1-3H3,(H3,29,30)(H,33,35);2H,1H3. The number of aryl methyl sites for hydroxylation is 1. The van der Waals surface area contributed by atoms with E-state index in [0.717, 1.165) is 24.8 Å². The summed E-state index contributed by atoms with van der Waals surface area (Å²) >= 11 is 6.20. The predicted octanol–water partition coefficient (Wildman–Crippen LogP) is 4.58. The fraction of sp³-hybridized carbons (Fsp3) is 0.286. The molecule has 1 heterocycles. The molecule has 1 aromatic heterocycles. The molecule has 10 heteroatoms. The van der Waals surface area contributed by atoms with Crippen molar-refractivity contribution >= 4 is 41.0 Å². The average Bonchev–Trinajstić information content (AvgIpc) is 2.88. The topological polar surface area (TPSA) is 150 Å². The van der Waals surface area contributed by atoms with Gasteiger partial charge in [0, 0.05) is 34.8 Å². The lowest BCUT2D eigenvalue weighted by Gasteiger charge is -2.18. The smallest absolute Gasteiger partial charge is 0.257 e. The first kappa shape index (κ1) is 30.3. The Morgan fingerprint density at radius 3 is 2.47 bits per heavy atom. The van der Waals surface area contributed by atoms with Crippen LogP contribution in [0.15, 0.2) is 48.5 Å². The summed E-state index contributed by atoms with van der Waals surface area (Å²) < 4.78 is 5.77. The number of ether oxygens (including phenoxy) is 1. The number of aromatic nitrogens is 1. The van der Waals surface area contributed by atoms with Crippen LogP contribution in [0.3, 0.4) is 0 Å². The van der Waals surface area contributed by atoms with Gasteiger partial charge in [-0.25, -0.2) is 0 Å². The fourth-order valence-electron chi connectivity index (χ4n) is 3.77. The number of aliphatic hydroxyl groups is 1. The molecule has 0 saturated heterocycles. The van der Waals surface area contributed by atoms with Crippen molar-refractivity contribution in [1.29, 1.82) is 5.41 Å². The third-order valence-electron chi connectivity index (χ3n) is 5.30. The van der Waals surface area contributed by atoms with E-state index in [4.69, 9.17) is 32.6 Å². The number of benzene rings is 2. The van der Waals surface area contributed by atoms with Crippen molar-refractivity contribution in [3.63, 3.8) is 0 Å². The van der Waals surface area contributed by atoms with Gasteiger partial charge < -0.3 is 26.2 Å². The Balaban J connectivity index is 0.00000247. The SMILES string of the molecule is CO.Cc1cc(CC(C)C)c(OCC=O)c(CNc2ccc(Cl)cc2C(=O)Nc2ccc(C(=N)N)cc2)n1. The molecule has 0 unspecified atom stereocenters. The quantitative estimate of drug-likeness (QED) is 0.136. The summed E-state index contributed by atoms with van der Waals surface area (Å²) in [7, 11) is 1.00. The second-order valence-electron chi connectivity index (χ2n) is 8.76. The Kier molecular flexibility index (Phi) is 11.7. The highest BCUT2D eigenvalue weighted by atomic mass is 35.5. The Morgan fingerprint density at radius 2 is 1.87 bits per heavy atom. The molecule has 3 aromatic rings. The number of nitrogens with zero attached hydrogens (tertiary/aromatic N) is 1. The van der Waals surface area contributed by atoms with Gasteiger partial charge in [0.25, 0.3) is 5.91 Å². The summed E-state index contributed by atoms with van der Waals surface area (Å²) in [5.41, 5.74) is 10.00. The van der Waals surface area contributed by atoms with Crippen LogP contribution in [0.5, 0.6) is 5.75 Å². The summed E-state index contributed by atoms with van der Waals surface area (Å²) in [6.45, 7) is 6.35. The van der Waals surface area contributed by atoms with Gasteiger partial charge >= 0.3 is 0 Å². The Labute approximate surface area is 227 Å². The van der Waals surface area contributed by atoms with Crippen LogP contribution in [0.4, 0.5) is 11.4 Å². The molecule has 0 spiro atoms. The van der Waals surface area contributed by atoms with E-state index in [2.05, 4.69) is 29.5 Å². The van der Waals surface area contributed by atoms with Crippen molar-refractivity contribution in [2.45, 2.75) is 33.7 Å². The molecule has 0 aliphatic heterocycles. The molecular weight excluding hydrogens is 506 g/mol. The molecule has 202 valence electrons. The third-order valence-corrected chi connectivity index (χ3v) is 5.53. The number of halogens is 1. The van der Waals surface area contributed by atoms with E-state index in [0.29, 0.717) is 51.2 Å². The van der Waals surface area contributed by atoms with E-state index in [1.807, 2.05) is 13.0 Å². The van der Waals surface area contributed by atoms with Crippen LogP contribution in [0.1, 0.15) is 46.7 Å². The molecule has 0 atom stereocenters. The highest BCUT2D eigenvalue weighted by molar-refractivity contribution is 6.31. The number of hydrogen-bond donors (Lipinski definition) is 5. The minimum atomic E-state index is -0.356. The van der Waals surface area contributed by atoms with Crippen molar-refractivity contribution < 1.29 is 19.4 Å². The molecule has 0 saturated carbocycles. The Morgan fingerprint density at radius 1 is 1.18 bits per heavy atom. The van der Waals surface area contributed by atoms with E-state index in [-0.39, 0.29) is 24.9 Å². The summed E-state index contributed by atoms with van der Waals surface area (Å²) in [5.74, 6) is 0.569. The van der Waals surface area contributed by atoms with Crippen LogP contribution >= 0.6 is 11.6 Å². The van der Waals surface area contributed by atoms with Gasteiger partial charge in [0.15, 0.2) is 6.29 Å². The largest absolute Gasteiger partial charge is 0.484 e. The van der Waals surface area contributed by atoms with Crippen molar-refractivity contribution in [3.8, 4) is 5.75 Å². The molecule has 1 amide bonds. The van der Waals surface area contributed by atoms with Crippen LogP contribution in [-0.4, -0.2) is 41.8 Å². The van der Waals surface area contributed by atoms with Crippen molar-refractivity contribution in [2.75, 3.05) is 24.4 Å². The van der Waals surface area contributed by atoms with Gasteiger partial charge in [-0.15, -0.1) is 0 Å². The zero-order valence-electron chi connectivity index (χ0n) is 22.0. The van der Waals surface area contributed by atoms with Crippen molar-refractivity contribution in [3.05, 3.63) is 81.6 Å². The molecule has 3 rings (SSSR count). The van der Waals surface area contributed by atoms with E-state index in [9.17, 15) is 9.59 Å². The lowest BCUT2D eigenvalue weighted by Crippen LogP contribution is -2.16. The molecule has 0 aliphatic rings. The van der Waals surface area contributed by atoms with Gasteiger partial charge in [-0.05, 0) is 73.4 Å². The number of hydrogen-bond acceptors (Lipinski definition) is 7. The van der Waals surface area contributed by atoms with E-state index in [1.165, 1.54) is 0 Å². The summed E-state index contributed by atoms with van der Waals surface area (Å²) in [4.78, 5) is 28.7. The lowest BCUT2D eigenvalue weighted by atomic mass is 10.0. The number of nitrogens with one attached hydrogen (secondary N) is 3. The highest BCUT2D eigenvalue weighted by Crippen LogP contribution is 2.28. The van der Waals surface area contributed by atoms with Gasteiger partial charge in [0.2, 0.25) is 0 Å². The number of rotatable bonds is 11. The van der Waals surface area contributed by atoms with Crippen molar-refractivity contribution in [2.24, 2.45) is 11.7 Å². The maximum Gasteiger partial charge on any atom is 0.257 e. The number of pyridine rings is 1. The number of amidine groups is 1. The number of aliphatic hydroxyl groups excluding tert-OH is 1. The maximum absolute atomic E-state index is 13.1. The molecule has 2 aromatic carbocycles. The van der Waals surface area contributed by atoms with Crippen LogP contribution in [0.2, 0.25) is 5.02 Å². The van der Waals surface area contributed by atoms with Gasteiger partial charge in [0.1, 0.15) is 23.9 Å². The second kappa shape index (κ2) is 14.7. The van der Waals surface area contributed by atoms with Crippen LogP contribution in [0.25, 0.3) is 0 Å². The van der Waals surface area contributed by atoms with Gasteiger partial charge in [-0.1, -0.05) is 25.4 Å². The molecular formula is C28H34ClN5O4. The molecule has 0 aliphatic carbocycles. The molecule has 6 N–H and O–H groups in total. The van der Waals surface area contributed by atoms with E-state index < -0.39 is 0 Å². The highest BCUT2D eigenvalue weighted by Gasteiger charge is 2.17. The first-order valence-corrected chi connectivity index (χ1v) is 12.4. The van der Waals surface area contributed by atoms with Crippen LogP contribution < -0.4 is 21.1 Å². The summed E-state index contributed by atoms with van der Waals surface area (Å²) in [5, 5.41) is 21.0. The number of carbonyl (C=O) groups excluding carboxylic acids is 2. The zero-order chi connectivity index (χ0) is 28.2. The minimum Gasteiger partial charge on any atom is -0.484 e. The predicted molar refractivity (Wildman–Crippen MR) is 151 cm³/mol. The molecule has 0 bridgehead atoms.